The van der Waals surface area contributed by atoms with E-state index in [0.29, 0.717) is 10.0 Å². The Morgan fingerprint density at radius 3 is 2.37 bits per heavy atom. The molecule has 0 aliphatic heterocycles. The minimum absolute atomic E-state index is 0.370. The molecule has 0 atom stereocenters. The highest BCUT2D eigenvalue weighted by Crippen LogP contribution is 2.28. The molecule has 0 spiro atoms. The maximum atomic E-state index is 6.18. The highest BCUT2D eigenvalue weighted by molar-refractivity contribution is 7.80. The van der Waals surface area contributed by atoms with Gasteiger partial charge in [-0.25, -0.2) is 0 Å². The van der Waals surface area contributed by atoms with Crippen LogP contribution in [0.15, 0.2) is 36.4 Å². The molecule has 0 bridgehead atoms. The predicted molar refractivity (Wildman–Crippen MR) is 86.5 cm³/mol. The maximum Gasteiger partial charge on any atom is 0.106 e. The lowest BCUT2D eigenvalue weighted by Crippen LogP contribution is -2.12. The van der Waals surface area contributed by atoms with E-state index in [0.717, 1.165) is 28.1 Å². The lowest BCUT2D eigenvalue weighted by Gasteiger charge is -2.13. The number of nitrogens with two attached hydrogens (primary N) is 1. The molecule has 0 unspecified atom stereocenters. The zero-order chi connectivity index (χ0) is 14.0. The van der Waals surface area contributed by atoms with Crippen molar-refractivity contribution in [3.63, 3.8) is 0 Å². The number of aryl methyl sites for hydroxylation is 2. The van der Waals surface area contributed by atoms with Gasteiger partial charge < -0.3 is 11.1 Å². The largest absolute Gasteiger partial charge is 0.389 e. The first-order valence-electron chi connectivity index (χ1n) is 5.91. The van der Waals surface area contributed by atoms with Crippen LogP contribution in [-0.4, -0.2) is 4.99 Å². The Bertz CT molecular complexity index is 638. The number of benzene rings is 2. The minimum atomic E-state index is 0.370. The Labute approximate surface area is 123 Å². The van der Waals surface area contributed by atoms with Gasteiger partial charge in [-0.05, 0) is 43.7 Å². The van der Waals surface area contributed by atoms with E-state index in [1.165, 1.54) is 0 Å². The summed E-state index contributed by atoms with van der Waals surface area (Å²) in [5.41, 5.74) is 10.6. The molecule has 0 aromatic heterocycles. The second kappa shape index (κ2) is 5.59. The van der Waals surface area contributed by atoms with E-state index in [4.69, 9.17) is 29.6 Å². The van der Waals surface area contributed by atoms with Gasteiger partial charge >= 0.3 is 0 Å². The van der Waals surface area contributed by atoms with E-state index in [1.807, 2.05) is 50.2 Å². The fourth-order valence-electron chi connectivity index (χ4n) is 1.85. The van der Waals surface area contributed by atoms with Gasteiger partial charge in [0.2, 0.25) is 0 Å². The molecule has 2 nitrogen and oxygen atoms in total. The van der Waals surface area contributed by atoms with Crippen molar-refractivity contribution >= 4 is 40.2 Å². The van der Waals surface area contributed by atoms with Gasteiger partial charge in [0.1, 0.15) is 4.99 Å². The summed E-state index contributed by atoms with van der Waals surface area (Å²) < 4.78 is 0. The summed E-state index contributed by atoms with van der Waals surface area (Å²) in [6.45, 7) is 4.02. The van der Waals surface area contributed by atoms with Crippen LogP contribution in [0.5, 0.6) is 0 Å². The number of halogens is 1. The van der Waals surface area contributed by atoms with Crippen LogP contribution in [0.4, 0.5) is 11.4 Å². The second-order valence-electron chi connectivity index (χ2n) is 4.52. The zero-order valence-corrected chi connectivity index (χ0v) is 12.4. The molecule has 0 aliphatic rings. The van der Waals surface area contributed by atoms with Gasteiger partial charge in [-0.3, -0.25) is 0 Å². The molecular weight excluding hydrogens is 276 g/mol. The molecule has 3 N–H and O–H groups in total. The van der Waals surface area contributed by atoms with E-state index in [2.05, 4.69) is 5.32 Å². The average molecular weight is 291 g/mol. The lowest BCUT2D eigenvalue weighted by molar-refractivity contribution is 1.42. The number of hydrogen-bond acceptors (Lipinski definition) is 2. The molecule has 2 rings (SSSR count). The van der Waals surface area contributed by atoms with Crippen molar-refractivity contribution in [3.05, 3.63) is 58.1 Å². The Balaban J connectivity index is 2.43. The third-order valence-electron chi connectivity index (χ3n) is 2.83. The number of nitrogens with one attached hydrogen (secondary N) is 1. The summed E-state index contributed by atoms with van der Waals surface area (Å²) >= 11 is 11.3. The van der Waals surface area contributed by atoms with E-state index in [1.54, 1.807) is 0 Å². The van der Waals surface area contributed by atoms with Crippen LogP contribution in [0.2, 0.25) is 5.02 Å². The summed E-state index contributed by atoms with van der Waals surface area (Å²) in [4.78, 5) is 0.370. The Morgan fingerprint density at radius 2 is 1.68 bits per heavy atom. The molecule has 0 radical (unpaired) electrons. The molecule has 4 heteroatoms. The maximum absolute atomic E-state index is 6.18. The van der Waals surface area contributed by atoms with Crippen LogP contribution in [0.25, 0.3) is 0 Å². The van der Waals surface area contributed by atoms with Gasteiger partial charge in [-0.2, -0.15) is 0 Å². The molecule has 98 valence electrons. The van der Waals surface area contributed by atoms with Gasteiger partial charge in [0, 0.05) is 11.3 Å². The summed E-state index contributed by atoms with van der Waals surface area (Å²) in [5, 5.41) is 3.96. The summed E-state index contributed by atoms with van der Waals surface area (Å²) in [7, 11) is 0. The molecule has 19 heavy (non-hydrogen) atoms. The van der Waals surface area contributed by atoms with E-state index in [-0.39, 0.29) is 0 Å². The van der Waals surface area contributed by atoms with Crippen LogP contribution in [0.1, 0.15) is 16.7 Å². The van der Waals surface area contributed by atoms with Crippen molar-refractivity contribution < 1.29 is 0 Å². The van der Waals surface area contributed by atoms with Crippen LogP contribution in [0, 0.1) is 13.8 Å². The molecule has 2 aromatic rings. The third-order valence-corrected chi connectivity index (χ3v) is 3.38. The number of rotatable bonds is 3. The molecule has 0 aliphatic carbocycles. The highest BCUT2D eigenvalue weighted by atomic mass is 35.5. The predicted octanol–water partition coefficient (Wildman–Crippen LogP) is 4.33. The molecule has 0 heterocycles. The Hall–Kier alpha value is -1.58. The number of anilines is 2. The van der Waals surface area contributed by atoms with Crippen LogP contribution < -0.4 is 11.1 Å². The number of hydrogen-bond donors (Lipinski definition) is 2. The Kier molecular flexibility index (Phi) is 4.08. The van der Waals surface area contributed by atoms with Crippen molar-refractivity contribution in [1.29, 1.82) is 0 Å². The monoisotopic (exact) mass is 290 g/mol. The van der Waals surface area contributed by atoms with Gasteiger partial charge in [0.25, 0.3) is 0 Å². The SMILES string of the molecule is Cc1ccc(Cl)c(Nc2ccc(C)cc2C(N)=S)c1. The zero-order valence-electron chi connectivity index (χ0n) is 10.8. The van der Waals surface area contributed by atoms with Gasteiger partial charge in [0.05, 0.1) is 10.7 Å². The summed E-state index contributed by atoms with van der Waals surface area (Å²) in [5.74, 6) is 0. The topological polar surface area (TPSA) is 38.0 Å². The molecule has 0 saturated carbocycles. The fraction of sp³-hybridized carbons (Fsp3) is 0.133. The van der Waals surface area contributed by atoms with E-state index >= 15 is 0 Å². The normalized spacial score (nSPS) is 10.3. The average Bonchev–Trinajstić information content (AvgIpc) is 2.35. The summed E-state index contributed by atoms with van der Waals surface area (Å²) in [6.07, 6.45) is 0. The van der Waals surface area contributed by atoms with Gasteiger partial charge in [-0.15, -0.1) is 0 Å². The van der Waals surface area contributed by atoms with Crippen molar-refractivity contribution in [1.82, 2.24) is 0 Å². The first-order chi connectivity index (χ1) is 8.97. The standard InChI is InChI=1S/C15H15ClN2S/c1-9-4-6-13(11(7-9)15(17)19)18-14-8-10(2)3-5-12(14)16/h3-8,18H,1-2H3,(H2,17,19). The molecule has 0 fully saturated rings. The van der Waals surface area contributed by atoms with Crippen molar-refractivity contribution in [2.75, 3.05) is 5.32 Å². The quantitative estimate of drug-likeness (QED) is 0.826. The fourth-order valence-corrected chi connectivity index (χ4v) is 2.18. The Morgan fingerprint density at radius 1 is 1.05 bits per heavy atom. The lowest BCUT2D eigenvalue weighted by atomic mass is 10.1. The van der Waals surface area contributed by atoms with Crippen molar-refractivity contribution in [2.45, 2.75) is 13.8 Å². The van der Waals surface area contributed by atoms with Crippen molar-refractivity contribution in [3.8, 4) is 0 Å². The first kappa shape index (κ1) is 13.8. The van der Waals surface area contributed by atoms with Crippen LogP contribution in [-0.2, 0) is 0 Å². The number of thiocarbonyl (C=S) groups is 1. The van der Waals surface area contributed by atoms with Crippen LogP contribution >= 0.6 is 23.8 Å². The molecule has 2 aromatic carbocycles. The smallest absolute Gasteiger partial charge is 0.106 e. The van der Waals surface area contributed by atoms with Gasteiger partial charge in [-0.1, -0.05) is 41.5 Å². The summed E-state index contributed by atoms with van der Waals surface area (Å²) in [6, 6.07) is 11.8. The molecular formula is C15H15ClN2S. The van der Waals surface area contributed by atoms with E-state index < -0.39 is 0 Å². The minimum Gasteiger partial charge on any atom is -0.389 e. The molecule has 0 amide bonds. The van der Waals surface area contributed by atoms with Crippen molar-refractivity contribution in [2.24, 2.45) is 5.73 Å². The molecule has 0 saturated heterocycles. The van der Waals surface area contributed by atoms with E-state index in [9.17, 15) is 0 Å². The first-order valence-corrected chi connectivity index (χ1v) is 6.69. The highest BCUT2D eigenvalue weighted by Gasteiger charge is 2.08. The van der Waals surface area contributed by atoms with Gasteiger partial charge in [0.15, 0.2) is 0 Å². The third kappa shape index (κ3) is 3.25. The van der Waals surface area contributed by atoms with Crippen LogP contribution in [0.3, 0.4) is 0 Å². The second-order valence-corrected chi connectivity index (χ2v) is 5.37.